The lowest BCUT2D eigenvalue weighted by molar-refractivity contribution is 0.115. The van der Waals surface area contributed by atoms with Crippen molar-refractivity contribution < 1.29 is 9.84 Å². The van der Waals surface area contributed by atoms with E-state index in [4.69, 9.17) is 4.74 Å². The highest BCUT2D eigenvalue weighted by Crippen LogP contribution is 2.20. The quantitative estimate of drug-likeness (QED) is 0.890. The first-order chi connectivity index (χ1) is 8.79. The molecule has 1 fully saturated rings. The molecule has 0 saturated carbocycles. The van der Waals surface area contributed by atoms with Crippen LogP contribution in [-0.2, 0) is 0 Å². The number of likely N-dealkylation sites (tertiary alicyclic amines) is 1. The molecule has 0 spiro atoms. The summed E-state index contributed by atoms with van der Waals surface area (Å²) in [6.45, 7) is 2.98. The van der Waals surface area contributed by atoms with Crippen LogP contribution < -0.4 is 4.74 Å². The van der Waals surface area contributed by atoms with Crippen molar-refractivity contribution in [2.45, 2.75) is 31.8 Å². The fourth-order valence-electron chi connectivity index (χ4n) is 2.49. The van der Waals surface area contributed by atoms with E-state index in [-0.39, 0.29) is 0 Å². The van der Waals surface area contributed by atoms with Gasteiger partial charge < -0.3 is 14.7 Å². The molecule has 1 aliphatic heterocycles. The highest BCUT2D eigenvalue weighted by molar-refractivity contribution is 5.28. The minimum absolute atomic E-state index is 0.394. The first kappa shape index (κ1) is 13.4. The predicted octanol–water partition coefficient (Wildman–Crippen LogP) is 2.60. The number of methoxy groups -OCH3 is 1. The molecule has 0 aliphatic carbocycles. The smallest absolute Gasteiger partial charge is 0.118 e. The van der Waals surface area contributed by atoms with Gasteiger partial charge >= 0.3 is 0 Å². The van der Waals surface area contributed by atoms with Crippen molar-refractivity contribution >= 4 is 0 Å². The van der Waals surface area contributed by atoms with Crippen LogP contribution in [0.15, 0.2) is 24.3 Å². The molecular formula is C15H23NO2. The molecule has 1 heterocycles. The van der Waals surface area contributed by atoms with Gasteiger partial charge in [0, 0.05) is 6.54 Å². The maximum absolute atomic E-state index is 10.2. The number of hydrogen-bond donors (Lipinski definition) is 1. The van der Waals surface area contributed by atoms with Crippen LogP contribution in [0.5, 0.6) is 5.75 Å². The molecule has 0 bridgehead atoms. The third-order valence-electron chi connectivity index (χ3n) is 3.63. The van der Waals surface area contributed by atoms with Crippen LogP contribution in [0.4, 0.5) is 0 Å². The van der Waals surface area contributed by atoms with Crippen LogP contribution in [0.1, 0.15) is 37.4 Å². The number of nitrogens with zero attached hydrogens (tertiary/aromatic N) is 1. The van der Waals surface area contributed by atoms with Crippen molar-refractivity contribution in [2.24, 2.45) is 0 Å². The van der Waals surface area contributed by atoms with Crippen LogP contribution in [0.2, 0.25) is 0 Å². The van der Waals surface area contributed by atoms with Crippen LogP contribution in [0.3, 0.4) is 0 Å². The number of hydrogen-bond acceptors (Lipinski definition) is 3. The van der Waals surface area contributed by atoms with Gasteiger partial charge in [-0.1, -0.05) is 25.0 Å². The van der Waals surface area contributed by atoms with Gasteiger partial charge in [-0.15, -0.1) is 0 Å². The Balaban J connectivity index is 1.90. The molecular weight excluding hydrogens is 226 g/mol. The lowest BCUT2D eigenvalue weighted by atomic mass is 10.1. The minimum atomic E-state index is -0.394. The van der Waals surface area contributed by atoms with Gasteiger partial charge in [-0.2, -0.15) is 0 Å². The second-order valence-electron chi connectivity index (χ2n) is 5.00. The Morgan fingerprint density at radius 3 is 2.28 bits per heavy atom. The molecule has 3 nitrogen and oxygen atoms in total. The molecule has 0 aromatic heterocycles. The maximum Gasteiger partial charge on any atom is 0.118 e. The first-order valence-electron chi connectivity index (χ1n) is 6.84. The van der Waals surface area contributed by atoms with E-state index < -0.39 is 6.10 Å². The fourth-order valence-corrected chi connectivity index (χ4v) is 2.49. The number of ether oxygens (including phenoxy) is 1. The van der Waals surface area contributed by atoms with Crippen molar-refractivity contribution in [1.82, 2.24) is 4.90 Å². The topological polar surface area (TPSA) is 32.7 Å². The molecule has 1 aromatic carbocycles. The largest absolute Gasteiger partial charge is 0.497 e. The van der Waals surface area contributed by atoms with Gasteiger partial charge in [0.15, 0.2) is 0 Å². The standard InChI is InChI=1S/C15H23NO2/c1-18-14-8-6-13(7-9-14)15(17)12-16-10-4-2-3-5-11-16/h6-9,15,17H,2-5,10-12H2,1H3. The van der Waals surface area contributed by atoms with E-state index >= 15 is 0 Å². The molecule has 2 rings (SSSR count). The summed E-state index contributed by atoms with van der Waals surface area (Å²) in [5.41, 5.74) is 0.972. The Hall–Kier alpha value is -1.06. The van der Waals surface area contributed by atoms with Crippen molar-refractivity contribution in [2.75, 3.05) is 26.7 Å². The SMILES string of the molecule is COc1ccc(C(O)CN2CCCCCC2)cc1. The van der Waals surface area contributed by atoms with Gasteiger partial charge in [0.1, 0.15) is 5.75 Å². The van der Waals surface area contributed by atoms with Crippen LogP contribution in [-0.4, -0.2) is 36.8 Å². The molecule has 0 radical (unpaired) electrons. The summed E-state index contributed by atoms with van der Waals surface area (Å²) in [5, 5.41) is 10.2. The zero-order chi connectivity index (χ0) is 12.8. The zero-order valence-corrected chi connectivity index (χ0v) is 11.1. The van der Waals surface area contributed by atoms with Gasteiger partial charge in [-0.25, -0.2) is 0 Å². The Bertz CT molecular complexity index is 342. The Morgan fingerprint density at radius 2 is 1.72 bits per heavy atom. The van der Waals surface area contributed by atoms with Crippen molar-refractivity contribution in [3.8, 4) is 5.75 Å². The van der Waals surface area contributed by atoms with E-state index in [1.165, 1.54) is 25.7 Å². The Labute approximate surface area is 109 Å². The molecule has 1 N–H and O–H groups in total. The average molecular weight is 249 g/mol. The van der Waals surface area contributed by atoms with Crippen molar-refractivity contribution in [3.63, 3.8) is 0 Å². The van der Waals surface area contributed by atoms with E-state index in [9.17, 15) is 5.11 Å². The van der Waals surface area contributed by atoms with Gasteiger partial charge in [0.2, 0.25) is 0 Å². The third kappa shape index (κ3) is 3.72. The van der Waals surface area contributed by atoms with E-state index in [1.54, 1.807) is 7.11 Å². The highest BCUT2D eigenvalue weighted by atomic mass is 16.5. The summed E-state index contributed by atoms with van der Waals surface area (Å²) < 4.78 is 5.12. The summed E-state index contributed by atoms with van der Waals surface area (Å²) in [6.07, 6.45) is 4.78. The van der Waals surface area contributed by atoms with Gasteiger partial charge in [0.05, 0.1) is 13.2 Å². The molecule has 1 unspecified atom stereocenters. The molecule has 1 atom stereocenters. The molecule has 3 heteroatoms. The van der Waals surface area contributed by atoms with E-state index in [0.717, 1.165) is 30.9 Å². The highest BCUT2D eigenvalue weighted by Gasteiger charge is 2.15. The molecule has 100 valence electrons. The first-order valence-corrected chi connectivity index (χ1v) is 6.84. The van der Waals surface area contributed by atoms with Gasteiger partial charge in [-0.05, 0) is 43.6 Å². The van der Waals surface area contributed by atoms with Crippen LogP contribution in [0.25, 0.3) is 0 Å². The second kappa shape index (κ2) is 6.76. The van der Waals surface area contributed by atoms with Gasteiger partial charge in [0.25, 0.3) is 0 Å². The average Bonchev–Trinajstić information content (AvgIpc) is 2.67. The lowest BCUT2D eigenvalue weighted by Crippen LogP contribution is -2.29. The minimum Gasteiger partial charge on any atom is -0.497 e. The number of aliphatic hydroxyl groups excluding tert-OH is 1. The molecule has 18 heavy (non-hydrogen) atoms. The predicted molar refractivity (Wildman–Crippen MR) is 72.9 cm³/mol. The normalized spacial score (nSPS) is 19.2. The van der Waals surface area contributed by atoms with Crippen molar-refractivity contribution in [1.29, 1.82) is 0 Å². The molecule has 0 amide bonds. The third-order valence-corrected chi connectivity index (χ3v) is 3.63. The van der Waals surface area contributed by atoms with E-state index in [2.05, 4.69) is 4.90 Å². The summed E-state index contributed by atoms with van der Waals surface area (Å²) in [5.74, 6) is 0.834. The number of aliphatic hydroxyl groups is 1. The number of rotatable bonds is 4. The van der Waals surface area contributed by atoms with Crippen LogP contribution >= 0.6 is 0 Å². The number of benzene rings is 1. The fraction of sp³-hybridized carbons (Fsp3) is 0.600. The summed E-state index contributed by atoms with van der Waals surface area (Å²) in [7, 11) is 1.66. The van der Waals surface area contributed by atoms with Crippen molar-refractivity contribution in [3.05, 3.63) is 29.8 Å². The zero-order valence-electron chi connectivity index (χ0n) is 11.1. The number of β-amino-alcohol motifs (C(OH)–C–C–N with tert-alkyl or cyclic N) is 1. The molecule has 1 saturated heterocycles. The summed E-state index contributed by atoms with van der Waals surface area (Å²) in [6, 6.07) is 7.70. The molecule has 1 aliphatic rings. The van der Waals surface area contributed by atoms with Crippen LogP contribution in [0, 0.1) is 0 Å². The Morgan fingerprint density at radius 1 is 1.11 bits per heavy atom. The summed E-state index contributed by atoms with van der Waals surface area (Å²) >= 11 is 0. The Kier molecular flexibility index (Phi) is 5.02. The maximum atomic E-state index is 10.2. The molecule has 1 aromatic rings. The second-order valence-corrected chi connectivity index (χ2v) is 5.00. The van der Waals surface area contributed by atoms with E-state index in [0.29, 0.717) is 0 Å². The summed E-state index contributed by atoms with van der Waals surface area (Å²) in [4.78, 5) is 2.38. The van der Waals surface area contributed by atoms with Gasteiger partial charge in [-0.3, -0.25) is 0 Å². The monoisotopic (exact) mass is 249 g/mol. The lowest BCUT2D eigenvalue weighted by Gasteiger charge is -2.23. The van der Waals surface area contributed by atoms with E-state index in [1.807, 2.05) is 24.3 Å².